The largest absolute Gasteiger partial charge is 0.492 e. The predicted molar refractivity (Wildman–Crippen MR) is 90.6 cm³/mol. The highest BCUT2D eigenvalue weighted by molar-refractivity contribution is 6.18. The van der Waals surface area contributed by atoms with Crippen molar-refractivity contribution in [2.24, 2.45) is 5.73 Å². The van der Waals surface area contributed by atoms with E-state index in [-0.39, 0.29) is 13.0 Å². The molecule has 0 fully saturated rings. The first-order valence-electron chi connectivity index (χ1n) is 7.05. The van der Waals surface area contributed by atoms with Gasteiger partial charge in [-0.2, -0.15) is 0 Å². The molecule has 0 saturated heterocycles. The molecule has 1 aromatic rings. The van der Waals surface area contributed by atoms with E-state index in [1.54, 1.807) is 0 Å². The average molecular weight is 349 g/mol. The number of anilines is 1. The molecule has 3 N–H and O–H groups in total. The molecule has 22 heavy (non-hydrogen) atoms. The molecule has 5 nitrogen and oxygen atoms in total. The van der Waals surface area contributed by atoms with Crippen molar-refractivity contribution < 1.29 is 14.6 Å². The second-order valence-corrected chi connectivity index (χ2v) is 5.74. The van der Waals surface area contributed by atoms with Crippen LogP contribution in [0.3, 0.4) is 0 Å². The van der Waals surface area contributed by atoms with Gasteiger partial charge in [-0.05, 0) is 18.6 Å². The summed E-state index contributed by atoms with van der Waals surface area (Å²) < 4.78 is 5.67. The minimum atomic E-state index is -0.933. The van der Waals surface area contributed by atoms with Gasteiger partial charge in [0.25, 0.3) is 0 Å². The monoisotopic (exact) mass is 348 g/mol. The van der Waals surface area contributed by atoms with Crippen LogP contribution in [-0.2, 0) is 4.79 Å². The summed E-state index contributed by atoms with van der Waals surface area (Å²) in [5, 5.41) is 8.70. The molecular formula is C15H22Cl2N2O3. The predicted octanol–water partition coefficient (Wildman–Crippen LogP) is 2.46. The zero-order valence-electron chi connectivity index (χ0n) is 12.6. The highest BCUT2D eigenvalue weighted by Crippen LogP contribution is 2.25. The normalized spacial score (nSPS) is 12.0. The van der Waals surface area contributed by atoms with Gasteiger partial charge in [0, 0.05) is 42.6 Å². The number of benzene rings is 1. The number of hydrogen-bond donors (Lipinski definition) is 2. The van der Waals surface area contributed by atoms with Crippen LogP contribution in [0.25, 0.3) is 0 Å². The fourth-order valence-electron chi connectivity index (χ4n) is 2.00. The van der Waals surface area contributed by atoms with E-state index in [0.717, 1.165) is 11.3 Å². The van der Waals surface area contributed by atoms with E-state index in [1.807, 2.05) is 25.1 Å². The molecule has 0 aliphatic heterocycles. The summed E-state index contributed by atoms with van der Waals surface area (Å²) in [6.45, 7) is 3.46. The zero-order chi connectivity index (χ0) is 16.5. The van der Waals surface area contributed by atoms with Gasteiger partial charge in [0.2, 0.25) is 0 Å². The molecule has 1 unspecified atom stereocenters. The van der Waals surface area contributed by atoms with Crippen molar-refractivity contribution in [1.29, 1.82) is 0 Å². The Morgan fingerprint density at radius 3 is 2.55 bits per heavy atom. The maximum absolute atomic E-state index is 10.6. The first-order valence-corrected chi connectivity index (χ1v) is 8.12. The van der Waals surface area contributed by atoms with Crippen LogP contribution in [0.1, 0.15) is 12.0 Å². The van der Waals surface area contributed by atoms with E-state index in [1.165, 1.54) is 0 Å². The lowest BCUT2D eigenvalue weighted by atomic mass is 10.2. The molecule has 1 rings (SSSR count). The summed E-state index contributed by atoms with van der Waals surface area (Å²) in [6, 6.07) is 5.30. The third-order valence-corrected chi connectivity index (χ3v) is 3.47. The van der Waals surface area contributed by atoms with Gasteiger partial charge in [-0.3, -0.25) is 4.79 Å². The van der Waals surface area contributed by atoms with Gasteiger partial charge in [0.1, 0.15) is 12.4 Å². The van der Waals surface area contributed by atoms with Crippen LogP contribution in [0.15, 0.2) is 18.2 Å². The van der Waals surface area contributed by atoms with Gasteiger partial charge in [-0.15, -0.1) is 23.2 Å². The van der Waals surface area contributed by atoms with Crippen LogP contribution in [0.4, 0.5) is 5.69 Å². The molecule has 7 heteroatoms. The molecule has 0 aliphatic carbocycles. The SMILES string of the molecule is Cc1ccc(N(CCCl)CCCl)cc1OCC(N)CC(=O)O. The fraction of sp³-hybridized carbons (Fsp3) is 0.533. The summed E-state index contributed by atoms with van der Waals surface area (Å²) in [7, 11) is 0. The molecule has 0 radical (unpaired) electrons. The van der Waals surface area contributed by atoms with Crippen LogP contribution in [0, 0.1) is 6.92 Å². The topological polar surface area (TPSA) is 75.8 Å². The number of ether oxygens (including phenoxy) is 1. The van der Waals surface area contributed by atoms with E-state index in [0.29, 0.717) is 30.6 Å². The summed E-state index contributed by atoms with van der Waals surface area (Å²) in [5.41, 5.74) is 7.64. The van der Waals surface area contributed by atoms with Crippen molar-refractivity contribution in [3.05, 3.63) is 23.8 Å². The summed E-state index contributed by atoms with van der Waals surface area (Å²) >= 11 is 11.6. The molecule has 0 aromatic heterocycles. The van der Waals surface area contributed by atoms with Crippen LogP contribution in [0.2, 0.25) is 0 Å². The van der Waals surface area contributed by atoms with Crippen molar-refractivity contribution in [2.45, 2.75) is 19.4 Å². The van der Waals surface area contributed by atoms with Gasteiger partial charge in [-0.25, -0.2) is 0 Å². The lowest BCUT2D eigenvalue weighted by molar-refractivity contribution is -0.137. The molecule has 0 aliphatic rings. The van der Waals surface area contributed by atoms with Crippen molar-refractivity contribution in [2.75, 3.05) is 36.4 Å². The third-order valence-electron chi connectivity index (χ3n) is 3.14. The maximum atomic E-state index is 10.6. The molecule has 1 atom stereocenters. The van der Waals surface area contributed by atoms with Crippen molar-refractivity contribution in [3.8, 4) is 5.75 Å². The number of nitrogens with zero attached hydrogens (tertiary/aromatic N) is 1. The first kappa shape index (κ1) is 18.9. The number of rotatable bonds is 10. The average Bonchev–Trinajstić information content (AvgIpc) is 2.45. The summed E-state index contributed by atoms with van der Waals surface area (Å²) in [4.78, 5) is 12.7. The molecule has 0 heterocycles. The van der Waals surface area contributed by atoms with E-state index in [4.69, 9.17) is 38.8 Å². The number of carboxylic acid groups (broad SMARTS) is 1. The van der Waals surface area contributed by atoms with Gasteiger partial charge in [0.15, 0.2) is 0 Å². The second-order valence-electron chi connectivity index (χ2n) is 4.98. The second kappa shape index (κ2) is 9.77. The Bertz CT molecular complexity index is 480. The quantitative estimate of drug-likeness (QED) is 0.635. The van der Waals surface area contributed by atoms with Gasteiger partial charge in [-0.1, -0.05) is 6.07 Å². The van der Waals surface area contributed by atoms with Crippen LogP contribution < -0.4 is 15.4 Å². The van der Waals surface area contributed by atoms with Crippen molar-refractivity contribution in [1.82, 2.24) is 0 Å². The van der Waals surface area contributed by atoms with E-state index in [9.17, 15) is 4.79 Å². The maximum Gasteiger partial charge on any atom is 0.305 e. The smallest absolute Gasteiger partial charge is 0.305 e. The highest BCUT2D eigenvalue weighted by atomic mass is 35.5. The van der Waals surface area contributed by atoms with Gasteiger partial charge in [0.05, 0.1) is 6.42 Å². The number of aliphatic carboxylic acids is 1. The Morgan fingerprint density at radius 1 is 1.36 bits per heavy atom. The number of carbonyl (C=O) groups is 1. The van der Waals surface area contributed by atoms with E-state index in [2.05, 4.69) is 4.90 Å². The Kier molecular flexibility index (Phi) is 8.38. The summed E-state index contributed by atoms with van der Waals surface area (Å²) in [5.74, 6) is 0.763. The summed E-state index contributed by atoms with van der Waals surface area (Å²) in [6.07, 6.45) is -0.122. The number of halogens is 2. The Morgan fingerprint density at radius 2 is 2.00 bits per heavy atom. The zero-order valence-corrected chi connectivity index (χ0v) is 14.1. The molecule has 1 aromatic carbocycles. The molecule has 124 valence electrons. The first-order chi connectivity index (χ1) is 10.5. The van der Waals surface area contributed by atoms with Crippen LogP contribution >= 0.6 is 23.2 Å². The Balaban J connectivity index is 2.78. The number of hydrogen-bond acceptors (Lipinski definition) is 4. The van der Waals surface area contributed by atoms with Gasteiger partial charge >= 0.3 is 5.97 Å². The number of carboxylic acids is 1. The lowest BCUT2D eigenvalue weighted by Gasteiger charge is -2.24. The molecule has 0 spiro atoms. The molecule has 0 bridgehead atoms. The Hall–Kier alpha value is -1.17. The number of nitrogens with two attached hydrogens (primary N) is 1. The molecule has 0 amide bonds. The highest BCUT2D eigenvalue weighted by Gasteiger charge is 2.12. The van der Waals surface area contributed by atoms with Gasteiger partial charge < -0.3 is 20.5 Å². The standard InChI is InChI=1S/C15H22Cl2N2O3/c1-11-2-3-13(19(6-4-16)7-5-17)9-14(11)22-10-12(18)8-15(20)21/h2-3,9,12H,4-8,10,18H2,1H3,(H,20,21). The van der Waals surface area contributed by atoms with E-state index < -0.39 is 12.0 Å². The van der Waals surface area contributed by atoms with Crippen molar-refractivity contribution in [3.63, 3.8) is 0 Å². The molecule has 0 saturated carbocycles. The number of alkyl halides is 2. The number of aryl methyl sites for hydroxylation is 1. The fourth-order valence-corrected chi connectivity index (χ4v) is 2.40. The van der Waals surface area contributed by atoms with Crippen molar-refractivity contribution >= 4 is 34.9 Å². The van der Waals surface area contributed by atoms with Crippen LogP contribution in [-0.4, -0.2) is 48.6 Å². The van der Waals surface area contributed by atoms with E-state index >= 15 is 0 Å². The Labute approximate surface area is 140 Å². The minimum Gasteiger partial charge on any atom is -0.492 e. The van der Waals surface area contributed by atoms with Crippen LogP contribution in [0.5, 0.6) is 5.75 Å². The lowest BCUT2D eigenvalue weighted by Crippen LogP contribution is -2.30. The minimum absolute atomic E-state index is 0.122. The third kappa shape index (κ3) is 6.30. The molecular weight excluding hydrogens is 327 g/mol.